The predicted molar refractivity (Wildman–Crippen MR) is 91.2 cm³/mol. The van der Waals surface area contributed by atoms with Crippen LogP contribution in [0.5, 0.6) is 0 Å². The van der Waals surface area contributed by atoms with Crippen molar-refractivity contribution in [2.24, 2.45) is 8.80 Å². The van der Waals surface area contributed by atoms with E-state index < -0.39 is 9.89 Å². The van der Waals surface area contributed by atoms with Crippen molar-refractivity contribution in [2.45, 2.75) is 0 Å². The molecule has 0 N–H and O–H groups in total. The van der Waals surface area contributed by atoms with Crippen molar-refractivity contribution in [3.05, 3.63) is 69.7 Å². The van der Waals surface area contributed by atoms with Crippen LogP contribution in [0.2, 0.25) is 10.0 Å². The van der Waals surface area contributed by atoms with Crippen molar-refractivity contribution < 1.29 is 4.21 Å². The summed E-state index contributed by atoms with van der Waals surface area (Å²) in [5.74, 6) is 3.56. The summed E-state index contributed by atoms with van der Waals surface area (Å²) >= 11 is 11.8. The Kier molecular flexibility index (Phi) is 3.61. The first kappa shape index (κ1) is 14.3. The maximum Gasteiger partial charge on any atom is 0.171 e. The summed E-state index contributed by atoms with van der Waals surface area (Å²) in [7, 11) is -2.85. The van der Waals surface area contributed by atoms with Gasteiger partial charge < -0.3 is 0 Å². The van der Waals surface area contributed by atoms with Gasteiger partial charge in [0.25, 0.3) is 0 Å². The Labute approximate surface area is 133 Å². The normalized spacial score (nSPS) is 16.5. The number of hydrogen-bond donors (Lipinski definition) is 0. The fraction of sp³-hybridized carbons (Fsp3) is 0. The molecule has 0 saturated carbocycles. The molecule has 0 bridgehead atoms. The van der Waals surface area contributed by atoms with Gasteiger partial charge in [-0.2, -0.15) is 8.80 Å². The number of rotatable bonds is 2. The fourth-order valence-electron chi connectivity index (χ4n) is 1.99. The monoisotopic (exact) mass is 336 g/mol. The van der Waals surface area contributed by atoms with Gasteiger partial charge in [-0.25, -0.2) is 4.21 Å². The molecule has 1 aliphatic heterocycles. The van der Waals surface area contributed by atoms with Gasteiger partial charge in [-0.15, -0.1) is 0 Å². The maximum atomic E-state index is 12.1. The minimum atomic E-state index is -2.85. The lowest BCUT2D eigenvalue weighted by Crippen LogP contribution is -2.13. The highest BCUT2D eigenvalue weighted by molar-refractivity contribution is 7.98. The molecule has 3 rings (SSSR count). The van der Waals surface area contributed by atoms with Crippen LogP contribution in [0.1, 0.15) is 11.1 Å². The molecule has 1 aliphatic rings. The highest BCUT2D eigenvalue weighted by Crippen LogP contribution is 2.21. The van der Waals surface area contributed by atoms with E-state index in [9.17, 15) is 4.21 Å². The molecule has 106 valence electrons. The van der Waals surface area contributed by atoms with Gasteiger partial charge in [0.15, 0.2) is 9.89 Å². The fourth-order valence-corrected chi connectivity index (χ4v) is 3.23. The second-order valence-electron chi connectivity index (χ2n) is 4.50. The van der Waals surface area contributed by atoms with E-state index in [1.54, 1.807) is 24.3 Å². The largest absolute Gasteiger partial charge is 0.222 e. The average molecular weight is 337 g/mol. The van der Waals surface area contributed by atoms with Crippen LogP contribution < -0.4 is 0 Å². The van der Waals surface area contributed by atoms with Crippen LogP contribution in [0.4, 0.5) is 0 Å². The second-order valence-corrected chi connectivity index (χ2v) is 6.95. The van der Waals surface area contributed by atoms with Crippen molar-refractivity contribution in [1.82, 2.24) is 0 Å². The van der Waals surface area contributed by atoms with Crippen LogP contribution in [0, 0.1) is 0 Å². The van der Waals surface area contributed by atoms with E-state index in [1.807, 2.05) is 24.3 Å². The number of benzene rings is 2. The summed E-state index contributed by atoms with van der Waals surface area (Å²) in [6.07, 6.45) is 0. The third-order valence-electron chi connectivity index (χ3n) is 2.93. The average Bonchev–Trinajstić information content (AvgIpc) is 2.76. The molecule has 0 radical (unpaired) electrons. The van der Waals surface area contributed by atoms with Crippen molar-refractivity contribution in [3.8, 4) is 0 Å². The highest BCUT2D eigenvalue weighted by atomic mass is 35.5. The Bertz CT molecular complexity index is 784. The molecule has 0 saturated heterocycles. The van der Waals surface area contributed by atoms with Crippen molar-refractivity contribution >= 4 is 50.4 Å². The van der Waals surface area contributed by atoms with E-state index in [0.717, 1.165) is 11.1 Å². The molecule has 1 heterocycles. The number of nitrogens with zero attached hydrogens (tertiary/aromatic N) is 2. The zero-order valence-corrected chi connectivity index (χ0v) is 13.1. The molecule has 0 fully saturated rings. The van der Waals surface area contributed by atoms with Crippen LogP contribution >= 0.6 is 23.2 Å². The number of hydrogen-bond acceptors (Lipinski definition) is 1. The zero-order valence-electron chi connectivity index (χ0n) is 10.8. The van der Waals surface area contributed by atoms with E-state index in [1.165, 1.54) is 0 Å². The van der Waals surface area contributed by atoms with Gasteiger partial charge in [0.1, 0.15) is 11.4 Å². The van der Waals surface area contributed by atoms with Crippen LogP contribution in [-0.2, 0) is 9.89 Å². The Hall–Kier alpha value is -1.62. The lowest BCUT2D eigenvalue weighted by atomic mass is 10.0. The van der Waals surface area contributed by atoms with E-state index >= 15 is 0 Å². The molecular weight excluding hydrogens is 327 g/mol. The smallest absolute Gasteiger partial charge is 0.171 e. The Morgan fingerprint density at radius 3 is 1.43 bits per heavy atom. The number of halogens is 2. The first-order valence-corrected chi connectivity index (χ1v) is 8.44. The molecule has 0 aliphatic carbocycles. The molecule has 2 aromatic carbocycles. The minimum Gasteiger partial charge on any atom is -0.222 e. The molecule has 0 aromatic heterocycles. The molecule has 0 atom stereocenters. The van der Waals surface area contributed by atoms with E-state index in [-0.39, 0.29) is 0 Å². The second kappa shape index (κ2) is 5.30. The van der Waals surface area contributed by atoms with Crippen molar-refractivity contribution in [3.63, 3.8) is 0 Å². The molecule has 6 heteroatoms. The Morgan fingerprint density at radius 2 is 1.10 bits per heavy atom. The molecule has 0 spiro atoms. The first-order chi connectivity index (χ1) is 9.94. The Morgan fingerprint density at radius 1 is 0.762 bits per heavy atom. The zero-order chi connectivity index (χ0) is 15.0. The maximum absolute atomic E-state index is 12.1. The van der Waals surface area contributed by atoms with Gasteiger partial charge in [0, 0.05) is 21.2 Å². The molecule has 21 heavy (non-hydrogen) atoms. The summed E-state index contributed by atoms with van der Waals surface area (Å²) in [4.78, 5) is 0. The van der Waals surface area contributed by atoms with Gasteiger partial charge in [-0.1, -0.05) is 47.5 Å². The van der Waals surface area contributed by atoms with Gasteiger partial charge >= 0.3 is 0 Å². The molecular formula is C15H10Cl2N2OS. The lowest BCUT2D eigenvalue weighted by Gasteiger charge is -2.05. The quantitative estimate of drug-likeness (QED) is 0.768. The van der Waals surface area contributed by atoms with Gasteiger partial charge in [0.05, 0.1) is 0 Å². The summed E-state index contributed by atoms with van der Waals surface area (Å²) < 4.78 is 20.5. The minimum absolute atomic E-state index is 0.550. The van der Waals surface area contributed by atoms with Crippen LogP contribution in [0.25, 0.3) is 0 Å². The van der Waals surface area contributed by atoms with E-state index in [4.69, 9.17) is 23.2 Å². The van der Waals surface area contributed by atoms with Crippen molar-refractivity contribution in [1.29, 1.82) is 0 Å². The van der Waals surface area contributed by atoms with Gasteiger partial charge in [-0.3, -0.25) is 0 Å². The molecule has 0 amide bonds. The summed E-state index contributed by atoms with van der Waals surface area (Å²) in [6.45, 7) is 0. The summed E-state index contributed by atoms with van der Waals surface area (Å²) in [6, 6.07) is 14.3. The van der Waals surface area contributed by atoms with E-state index in [0.29, 0.717) is 21.5 Å². The third-order valence-corrected chi connectivity index (χ3v) is 4.37. The van der Waals surface area contributed by atoms with Gasteiger partial charge in [0.2, 0.25) is 0 Å². The lowest BCUT2D eigenvalue weighted by molar-refractivity contribution is 0.684. The third kappa shape index (κ3) is 3.02. The van der Waals surface area contributed by atoms with Crippen LogP contribution in [0.3, 0.4) is 0 Å². The van der Waals surface area contributed by atoms with E-state index in [2.05, 4.69) is 14.7 Å². The van der Waals surface area contributed by atoms with Gasteiger partial charge in [-0.05, 0) is 30.1 Å². The topological polar surface area (TPSA) is 41.8 Å². The van der Waals surface area contributed by atoms with Crippen LogP contribution in [0.15, 0.2) is 57.3 Å². The SMILES string of the molecule is C=S1(=O)N=C(c2ccc(Cl)cc2)C(c2ccc(Cl)cc2)=N1. The standard InChI is InChI=1S/C15H10Cl2N2OS/c1-21(20)18-14(10-2-6-12(16)7-3-10)15(19-21)11-4-8-13(17)9-5-11/h2-9H,1H2. The summed E-state index contributed by atoms with van der Waals surface area (Å²) in [5, 5.41) is 1.25. The highest BCUT2D eigenvalue weighted by Gasteiger charge is 2.23. The molecule has 2 aromatic rings. The molecule has 3 nitrogen and oxygen atoms in total. The predicted octanol–water partition coefficient (Wildman–Crippen LogP) is 3.83. The molecule has 0 unspecified atom stereocenters. The summed E-state index contributed by atoms with van der Waals surface area (Å²) in [5.41, 5.74) is 2.69. The van der Waals surface area contributed by atoms with Crippen LogP contribution in [-0.4, -0.2) is 21.5 Å². The Balaban J connectivity index is 2.12. The first-order valence-electron chi connectivity index (χ1n) is 6.04. The van der Waals surface area contributed by atoms with Crippen molar-refractivity contribution in [2.75, 3.05) is 0 Å².